The molecule has 0 aliphatic heterocycles. The molecule has 0 fully saturated rings. The van der Waals surface area contributed by atoms with Gasteiger partial charge in [-0.15, -0.1) is 6.42 Å². The predicted molar refractivity (Wildman–Crippen MR) is 82.4 cm³/mol. The van der Waals surface area contributed by atoms with Gasteiger partial charge in [0.15, 0.2) is 0 Å². The van der Waals surface area contributed by atoms with Gasteiger partial charge in [0, 0.05) is 12.0 Å². The van der Waals surface area contributed by atoms with Crippen LogP contribution in [0.5, 0.6) is 0 Å². The standard InChI is InChI=1S/C18H24O2/c1-3-16-12-10-11-14-17(16)13-8-6-5-7-9-15-18(19)20-4-2/h1,10-12,14H,4-9,13,15H2,2H3. The van der Waals surface area contributed by atoms with Gasteiger partial charge in [0.05, 0.1) is 6.61 Å². The Labute approximate surface area is 122 Å². The first-order valence-electron chi connectivity index (χ1n) is 7.48. The SMILES string of the molecule is C#Cc1ccccc1CCCCCCCC(=O)OCC. The molecule has 0 amide bonds. The van der Waals surface area contributed by atoms with E-state index in [1.807, 2.05) is 25.1 Å². The molecule has 0 N–H and O–H groups in total. The van der Waals surface area contributed by atoms with Gasteiger partial charge in [-0.2, -0.15) is 0 Å². The Bertz CT molecular complexity index is 443. The molecule has 1 rings (SSSR count). The van der Waals surface area contributed by atoms with E-state index in [1.165, 1.54) is 12.0 Å². The van der Waals surface area contributed by atoms with Crippen LogP contribution in [-0.2, 0) is 16.0 Å². The predicted octanol–water partition coefficient (Wildman–Crippen LogP) is 4.11. The molecule has 1 aromatic carbocycles. The highest BCUT2D eigenvalue weighted by molar-refractivity contribution is 5.69. The number of benzene rings is 1. The van der Waals surface area contributed by atoms with Gasteiger partial charge in [-0.1, -0.05) is 43.4 Å². The van der Waals surface area contributed by atoms with Crippen molar-refractivity contribution in [3.05, 3.63) is 35.4 Å². The van der Waals surface area contributed by atoms with Crippen LogP contribution in [-0.4, -0.2) is 12.6 Å². The fourth-order valence-electron chi connectivity index (χ4n) is 2.23. The van der Waals surface area contributed by atoms with Crippen molar-refractivity contribution in [3.8, 4) is 12.3 Å². The Hall–Kier alpha value is -1.75. The lowest BCUT2D eigenvalue weighted by molar-refractivity contribution is -0.143. The van der Waals surface area contributed by atoms with E-state index in [0.717, 1.165) is 37.7 Å². The summed E-state index contributed by atoms with van der Waals surface area (Å²) in [7, 11) is 0. The number of unbranched alkanes of at least 4 members (excludes halogenated alkanes) is 4. The van der Waals surface area contributed by atoms with E-state index in [4.69, 9.17) is 11.2 Å². The van der Waals surface area contributed by atoms with Crippen molar-refractivity contribution in [1.29, 1.82) is 0 Å². The van der Waals surface area contributed by atoms with Crippen LogP contribution in [0.25, 0.3) is 0 Å². The second kappa shape index (κ2) is 10.1. The fraction of sp³-hybridized carbons (Fsp3) is 0.500. The van der Waals surface area contributed by atoms with E-state index in [-0.39, 0.29) is 5.97 Å². The highest BCUT2D eigenvalue weighted by atomic mass is 16.5. The van der Waals surface area contributed by atoms with Crippen molar-refractivity contribution in [2.24, 2.45) is 0 Å². The zero-order valence-electron chi connectivity index (χ0n) is 12.4. The number of rotatable bonds is 9. The van der Waals surface area contributed by atoms with Crippen LogP contribution in [0.15, 0.2) is 24.3 Å². The van der Waals surface area contributed by atoms with Crippen molar-refractivity contribution < 1.29 is 9.53 Å². The molecule has 108 valence electrons. The summed E-state index contributed by atoms with van der Waals surface area (Å²) in [6.45, 7) is 2.32. The second-order valence-electron chi connectivity index (χ2n) is 4.87. The molecule has 0 saturated heterocycles. The molecule has 2 nitrogen and oxygen atoms in total. The molecular weight excluding hydrogens is 248 g/mol. The third kappa shape index (κ3) is 6.43. The van der Waals surface area contributed by atoms with Crippen LogP contribution < -0.4 is 0 Å². The Balaban J connectivity index is 2.08. The molecule has 0 unspecified atom stereocenters. The lowest BCUT2D eigenvalue weighted by Gasteiger charge is -2.05. The van der Waals surface area contributed by atoms with Crippen LogP contribution in [0.4, 0.5) is 0 Å². The molecule has 0 radical (unpaired) electrons. The first kappa shape index (κ1) is 16.3. The second-order valence-corrected chi connectivity index (χ2v) is 4.87. The van der Waals surface area contributed by atoms with Crippen molar-refractivity contribution in [3.63, 3.8) is 0 Å². The van der Waals surface area contributed by atoms with Gasteiger partial charge < -0.3 is 4.74 Å². The molecule has 0 atom stereocenters. The zero-order valence-corrected chi connectivity index (χ0v) is 12.4. The maximum atomic E-state index is 11.1. The molecule has 0 aliphatic carbocycles. The number of aryl methyl sites for hydroxylation is 1. The van der Waals surface area contributed by atoms with E-state index in [9.17, 15) is 4.79 Å². The average Bonchev–Trinajstić information content (AvgIpc) is 2.47. The van der Waals surface area contributed by atoms with Crippen molar-refractivity contribution in [2.75, 3.05) is 6.61 Å². The quantitative estimate of drug-likeness (QED) is 0.384. The van der Waals surface area contributed by atoms with Crippen molar-refractivity contribution >= 4 is 5.97 Å². The Morgan fingerprint density at radius 2 is 1.85 bits per heavy atom. The molecule has 0 saturated carbocycles. The molecule has 0 spiro atoms. The number of terminal acetylenes is 1. The summed E-state index contributed by atoms with van der Waals surface area (Å²) < 4.78 is 4.90. The van der Waals surface area contributed by atoms with Gasteiger partial charge in [-0.25, -0.2) is 0 Å². The maximum Gasteiger partial charge on any atom is 0.305 e. The maximum absolute atomic E-state index is 11.1. The summed E-state index contributed by atoms with van der Waals surface area (Å²) in [6.07, 6.45) is 12.6. The van der Waals surface area contributed by atoms with Crippen LogP contribution in [0.3, 0.4) is 0 Å². The molecule has 0 aromatic heterocycles. The summed E-state index contributed by atoms with van der Waals surface area (Å²) in [5, 5.41) is 0. The Morgan fingerprint density at radius 3 is 2.60 bits per heavy atom. The smallest absolute Gasteiger partial charge is 0.305 e. The first-order chi connectivity index (χ1) is 9.77. The molecular formula is C18H24O2. The van der Waals surface area contributed by atoms with Crippen LogP contribution in [0, 0.1) is 12.3 Å². The van der Waals surface area contributed by atoms with Gasteiger partial charge in [-0.3, -0.25) is 4.79 Å². The Morgan fingerprint density at radius 1 is 1.15 bits per heavy atom. The number of hydrogen-bond acceptors (Lipinski definition) is 2. The van der Waals surface area contributed by atoms with Gasteiger partial charge in [-0.05, 0) is 37.8 Å². The highest BCUT2D eigenvalue weighted by Crippen LogP contribution is 2.13. The van der Waals surface area contributed by atoms with Crippen molar-refractivity contribution in [2.45, 2.75) is 51.9 Å². The third-order valence-electron chi connectivity index (χ3n) is 3.31. The van der Waals surface area contributed by atoms with Gasteiger partial charge in [0.1, 0.15) is 0 Å². The van der Waals surface area contributed by atoms with Crippen molar-refractivity contribution in [1.82, 2.24) is 0 Å². The van der Waals surface area contributed by atoms with E-state index >= 15 is 0 Å². The Kier molecular flexibility index (Phi) is 8.22. The first-order valence-corrected chi connectivity index (χ1v) is 7.48. The average molecular weight is 272 g/mol. The minimum atomic E-state index is -0.0737. The normalized spacial score (nSPS) is 10.0. The summed E-state index contributed by atoms with van der Waals surface area (Å²) in [6, 6.07) is 8.12. The molecule has 0 bridgehead atoms. The van der Waals surface area contributed by atoms with Gasteiger partial charge in [0.2, 0.25) is 0 Å². The monoisotopic (exact) mass is 272 g/mol. The van der Waals surface area contributed by atoms with Gasteiger partial charge in [0.25, 0.3) is 0 Å². The zero-order chi connectivity index (χ0) is 14.6. The highest BCUT2D eigenvalue weighted by Gasteiger charge is 2.01. The molecule has 20 heavy (non-hydrogen) atoms. The minimum absolute atomic E-state index is 0.0737. The number of carbonyl (C=O) groups excluding carboxylic acids is 1. The summed E-state index contributed by atoms with van der Waals surface area (Å²) in [4.78, 5) is 11.1. The lowest BCUT2D eigenvalue weighted by Crippen LogP contribution is -2.03. The van der Waals surface area contributed by atoms with Crippen LogP contribution in [0.1, 0.15) is 56.6 Å². The number of esters is 1. The molecule has 0 aliphatic rings. The summed E-state index contributed by atoms with van der Waals surface area (Å²) in [5.41, 5.74) is 2.27. The van der Waals surface area contributed by atoms with E-state index in [0.29, 0.717) is 13.0 Å². The largest absolute Gasteiger partial charge is 0.466 e. The van der Waals surface area contributed by atoms with Crippen LogP contribution >= 0.6 is 0 Å². The number of ether oxygens (including phenoxy) is 1. The summed E-state index contributed by atoms with van der Waals surface area (Å²) in [5.74, 6) is 2.66. The van der Waals surface area contributed by atoms with Crippen LogP contribution in [0.2, 0.25) is 0 Å². The lowest BCUT2D eigenvalue weighted by atomic mass is 10.0. The molecule has 1 aromatic rings. The van der Waals surface area contributed by atoms with E-state index in [2.05, 4.69) is 12.0 Å². The van der Waals surface area contributed by atoms with E-state index in [1.54, 1.807) is 0 Å². The fourth-order valence-corrected chi connectivity index (χ4v) is 2.23. The number of carbonyl (C=O) groups is 1. The van der Waals surface area contributed by atoms with E-state index < -0.39 is 0 Å². The minimum Gasteiger partial charge on any atom is -0.466 e. The van der Waals surface area contributed by atoms with Gasteiger partial charge >= 0.3 is 5.97 Å². The topological polar surface area (TPSA) is 26.3 Å². The third-order valence-corrected chi connectivity index (χ3v) is 3.31. The number of hydrogen-bond donors (Lipinski definition) is 0. The molecule has 2 heteroatoms. The summed E-state index contributed by atoms with van der Waals surface area (Å²) >= 11 is 0. The molecule has 0 heterocycles.